The first-order valence-electron chi connectivity index (χ1n) is 8.11. The quantitative estimate of drug-likeness (QED) is 0.730. The van der Waals surface area contributed by atoms with Gasteiger partial charge in [-0.15, -0.1) is 0 Å². The number of rotatable bonds is 2. The Bertz CT molecular complexity index is 1030. The van der Waals surface area contributed by atoms with Gasteiger partial charge in [0, 0.05) is 23.9 Å². The molecule has 138 valence electrons. The van der Waals surface area contributed by atoms with E-state index in [0.717, 1.165) is 22.6 Å². The smallest absolute Gasteiger partial charge is 0.416 e. The van der Waals surface area contributed by atoms with Crippen molar-refractivity contribution in [1.29, 1.82) is 0 Å². The lowest BCUT2D eigenvalue weighted by molar-refractivity contribution is -0.137. The van der Waals surface area contributed by atoms with E-state index in [1.807, 2.05) is 24.3 Å². The van der Waals surface area contributed by atoms with Crippen LogP contribution in [-0.4, -0.2) is 23.2 Å². The molecule has 1 amide bonds. The number of halogens is 3. The van der Waals surface area contributed by atoms with E-state index in [9.17, 15) is 18.0 Å². The highest BCUT2D eigenvalue weighted by Gasteiger charge is 2.32. The normalized spacial score (nSPS) is 12.7. The number of para-hydroxylation sites is 1. The molecule has 5 nitrogen and oxygen atoms in total. The molecule has 0 fully saturated rings. The molecular formula is C19H14F3N3O2. The molecule has 0 saturated heterocycles. The first kappa shape index (κ1) is 17.1. The maximum atomic E-state index is 12.9. The number of ether oxygens (including phenoxy) is 1. The van der Waals surface area contributed by atoms with E-state index < -0.39 is 17.6 Å². The highest BCUT2D eigenvalue weighted by molar-refractivity contribution is 6.06. The SMILES string of the molecule is CN(C(=O)c1n[nH]c2c1COc1ccccc1-2)c1cccc(C(F)(F)F)c1. The summed E-state index contributed by atoms with van der Waals surface area (Å²) in [6.07, 6.45) is -4.48. The number of fused-ring (bicyclic) bond motifs is 3. The summed E-state index contributed by atoms with van der Waals surface area (Å²) < 4.78 is 44.5. The summed E-state index contributed by atoms with van der Waals surface area (Å²) in [6.45, 7) is 0.153. The van der Waals surface area contributed by atoms with Crippen LogP contribution >= 0.6 is 0 Å². The molecule has 27 heavy (non-hydrogen) atoms. The second-order valence-corrected chi connectivity index (χ2v) is 6.12. The van der Waals surface area contributed by atoms with Gasteiger partial charge in [-0.3, -0.25) is 9.89 Å². The van der Waals surface area contributed by atoms with Crippen molar-refractivity contribution in [2.45, 2.75) is 12.8 Å². The fourth-order valence-electron chi connectivity index (χ4n) is 3.02. The van der Waals surface area contributed by atoms with E-state index in [-0.39, 0.29) is 18.0 Å². The summed E-state index contributed by atoms with van der Waals surface area (Å²) >= 11 is 0. The van der Waals surface area contributed by atoms with Gasteiger partial charge >= 0.3 is 6.18 Å². The summed E-state index contributed by atoms with van der Waals surface area (Å²) in [4.78, 5) is 14.0. The Morgan fingerprint density at radius 1 is 1.19 bits per heavy atom. The summed E-state index contributed by atoms with van der Waals surface area (Å²) in [6, 6.07) is 11.9. The van der Waals surface area contributed by atoms with Gasteiger partial charge < -0.3 is 9.64 Å². The molecule has 4 rings (SSSR count). The van der Waals surface area contributed by atoms with E-state index in [1.54, 1.807) is 0 Å². The summed E-state index contributed by atoms with van der Waals surface area (Å²) in [5.41, 5.74) is 1.48. The lowest BCUT2D eigenvalue weighted by atomic mass is 10.0. The molecule has 0 bridgehead atoms. The van der Waals surface area contributed by atoms with Crippen LogP contribution in [0.4, 0.5) is 18.9 Å². The van der Waals surface area contributed by atoms with Gasteiger partial charge in [-0.2, -0.15) is 18.3 Å². The molecule has 8 heteroatoms. The van der Waals surface area contributed by atoms with Crippen molar-refractivity contribution >= 4 is 11.6 Å². The zero-order valence-corrected chi connectivity index (χ0v) is 14.2. The van der Waals surface area contributed by atoms with Crippen molar-refractivity contribution in [1.82, 2.24) is 10.2 Å². The van der Waals surface area contributed by atoms with Gasteiger partial charge in [0.1, 0.15) is 12.4 Å². The number of carbonyl (C=O) groups is 1. The van der Waals surface area contributed by atoms with Crippen molar-refractivity contribution in [3.63, 3.8) is 0 Å². The number of amides is 1. The number of anilines is 1. The van der Waals surface area contributed by atoms with Crippen LogP contribution in [0.15, 0.2) is 48.5 Å². The first-order chi connectivity index (χ1) is 12.9. The van der Waals surface area contributed by atoms with Crippen LogP contribution in [0.25, 0.3) is 11.3 Å². The zero-order valence-electron chi connectivity index (χ0n) is 14.2. The van der Waals surface area contributed by atoms with Crippen LogP contribution in [0, 0.1) is 0 Å². The third kappa shape index (κ3) is 2.92. The molecule has 0 unspecified atom stereocenters. The van der Waals surface area contributed by atoms with Crippen molar-refractivity contribution in [2.75, 3.05) is 11.9 Å². The van der Waals surface area contributed by atoms with Crippen molar-refractivity contribution in [3.8, 4) is 17.0 Å². The first-order valence-corrected chi connectivity index (χ1v) is 8.11. The molecule has 0 atom stereocenters. The molecule has 0 spiro atoms. The minimum atomic E-state index is -4.48. The van der Waals surface area contributed by atoms with Crippen LogP contribution in [0.2, 0.25) is 0 Å². The number of aromatic nitrogens is 2. The standard InChI is InChI=1S/C19H14F3N3O2/c1-25(12-6-4-5-11(9-12)19(20,21)22)18(26)17-14-10-27-15-8-3-2-7-13(15)16(14)23-24-17/h2-9H,10H2,1H3,(H,23,24). The van der Waals surface area contributed by atoms with Crippen LogP contribution < -0.4 is 9.64 Å². The largest absolute Gasteiger partial charge is 0.488 e. The molecule has 0 radical (unpaired) electrons. The Balaban J connectivity index is 1.68. The molecule has 1 aliphatic rings. The Morgan fingerprint density at radius 3 is 2.74 bits per heavy atom. The van der Waals surface area contributed by atoms with Gasteiger partial charge in [-0.05, 0) is 30.3 Å². The highest BCUT2D eigenvalue weighted by atomic mass is 19.4. The molecular weight excluding hydrogens is 359 g/mol. The van der Waals surface area contributed by atoms with E-state index >= 15 is 0 Å². The third-order valence-electron chi connectivity index (χ3n) is 4.46. The maximum Gasteiger partial charge on any atom is 0.416 e. The van der Waals surface area contributed by atoms with Gasteiger partial charge in [0.05, 0.1) is 11.3 Å². The van der Waals surface area contributed by atoms with Gasteiger partial charge in [0.25, 0.3) is 5.91 Å². The number of carbonyl (C=O) groups excluding carboxylic acids is 1. The van der Waals surface area contributed by atoms with Crippen LogP contribution in [0.1, 0.15) is 21.6 Å². The summed E-state index contributed by atoms with van der Waals surface area (Å²) in [5.74, 6) is 0.161. The van der Waals surface area contributed by atoms with Gasteiger partial charge in [-0.25, -0.2) is 0 Å². The topological polar surface area (TPSA) is 58.2 Å². The average molecular weight is 373 g/mol. The fourth-order valence-corrected chi connectivity index (χ4v) is 3.02. The summed E-state index contributed by atoms with van der Waals surface area (Å²) in [5, 5.41) is 6.94. The maximum absolute atomic E-state index is 12.9. The molecule has 0 saturated carbocycles. The van der Waals surface area contributed by atoms with E-state index in [2.05, 4.69) is 10.2 Å². The molecule has 1 aromatic heterocycles. The Labute approximate surface area is 152 Å². The van der Waals surface area contributed by atoms with E-state index in [1.165, 1.54) is 19.2 Å². The minimum absolute atomic E-state index is 0.124. The van der Waals surface area contributed by atoms with Crippen molar-refractivity contribution in [3.05, 3.63) is 65.4 Å². The fraction of sp³-hybridized carbons (Fsp3) is 0.158. The predicted molar refractivity (Wildman–Crippen MR) is 92.5 cm³/mol. The number of H-pyrrole nitrogens is 1. The van der Waals surface area contributed by atoms with Gasteiger partial charge in [0.15, 0.2) is 5.69 Å². The zero-order chi connectivity index (χ0) is 19.2. The summed E-state index contributed by atoms with van der Waals surface area (Å²) in [7, 11) is 1.41. The Morgan fingerprint density at radius 2 is 1.96 bits per heavy atom. The van der Waals surface area contributed by atoms with Crippen LogP contribution in [0.3, 0.4) is 0 Å². The van der Waals surface area contributed by atoms with Crippen LogP contribution in [0.5, 0.6) is 5.75 Å². The highest BCUT2D eigenvalue weighted by Crippen LogP contribution is 2.37. The number of aromatic amines is 1. The lowest BCUT2D eigenvalue weighted by Crippen LogP contribution is -2.28. The number of nitrogens with zero attached hydrogens (tertiary/aromatic N) is 2. The number of benzene rings is 2. The lowest BCUT2D eigenvalue weighted by Gasteiger charge is -2.20. The van der Waals surface area contributed by atoms with E-state index in [0.29, 0.717) is 17.0 Å². The second kappa shape index (κ2) is 6.15. The number of hydrogen-bond acceptors (Lipinski definition) is 3. The van der Waals surface area contributed by atoms with E-state index in [4.69, 9.17) is 4.74 Å². The number of alkyl halides is 3. The predicted octanol–water partition coefficient (Wildman–Crippen LogP) is 4.26. The Hall–Kier alpha value is -3.29. The van der Waals surface area contributed by atoms with Gasteiger partial charge in [-0.1, -0.05) is 18.2 Å². The van der Waals surface area contributed by atoms with Crippen molar-refractivity contribution in [2.24, 2.45) is 0 Å². The minimum Gasteiger partial charge on any atom is -0.488 e. The van der Waals surface area contributed by atoms with Gasteiger partial charge in [0.2, 0.25) is 0 Å². The second-order valence-electron chi connectivity index (χ2n) is 6.12. The molecule has 1 N–H and O–H groups in total. The number of hydrogen-bond donors (Lipinski definition) is 1. The third-order valence-corrected chi connectivity index (χ3v) is 4.46. The number of nitrogens with one attached hydrogen (secondary N) is 1. The monoisotopic (exact) mass is 373 g/mol. The molecule has 1 aliphatic heterocycles. The molecule has 0 aliphatic carbocycles. The molecule has 2 aromatic carbocycles. The average Bonchev–Trinajstić information content (AvgIpc) is 3.11. The Kier molecular flexibility index (Phi) is 3.91. The molecule has 2 heterocycles. The molecule has 3 aromatic rings. The van der Waals surface area contributed by atoms with Crippen molar-refractivity contribution < 1.29 is 22.7 Å². The van der Waals surface area contributed by atoms with Crippen LogP contribution in [-0.2, 0) is 12.8 Å².